The Morgan fingerprint density at radius 2 is 1.95 bits per heavy atom. The Morgan fingerprint density at radius 1 is 1.32 bits per heavy atom. The quantitative estimate of drug-likeness (QED) is 0.837. The number of rotatable bonds is 6. The van der Waals surface area contributed by atoms with Crippen LogP contribution in [0.5, 0.6) is 0 Å². The minimum absolute atomic E-state index is 0.144. The Labute approximate surface area is 114 Å². The van der Waals surface area contributed by atoms with Crippen molar-refractivity contribution in [2.45, 2.75) is 38.3 Å². The first-order valence-electron chi connectivity index (χ1n) is 6.75. The molecule has 0 unspecified atom stereocenters. The van der Waals surface area contributed by atoms with E-state index in [9.17, 15) is 13.5 Å². The highest BCUT2D eigenvalue weighted by atomic mass is 32.2. The molecular weight excluding hydrogens is 262 g/mol. The third-order valence-corrected chi connectivity index (χ3v) is 5.12. The van der Waals surface area contributed by atoms with E-state index in [1.54, 1.807) is 0 Å². The molecule has 0 amide bonds. The van der Waals surface area contributed by atoms with Gasteiger partial charge in [0, 0.05) is 6.04 Å². The molecule has 4 nitrogen and oxygen atoms in total. The molecule has 2 N–H and O–H groups in total. The van der Waals surface area contributed by atoms with Gasteiger partial charge >= 0.3 is 0 Å². The molecule has 1 atom stereocenters. The maximum atomic E-state index is 12.0. The van der Waals surface area contributed by atoms with Gasteiger partial charge in [0.05, 0.1) is 11.9 Å². The van der Waals surface area contributed by atoms with Crippen molar-refractivity contribution in [2.75, 3.05) is 5.75 Å². The molecule has 0 saturated heterocycles. The maximum Gasteiger partial charge on any atom is 0.212 e. The van der Waals surface area contributed by atoms with Gasteiger partial charge in [-0.05, 0) is 30.7 Å². The fraction of sp³-hybridized carbons (Fsp3) is 0.571. The van der Waals surface area contributed by atoms with E-state index in [4.69, 9.17) is 0 Å². The van der Waals surface area contributed by atoms with Crippen LogP contribution in [0.3, 0.4) is 0 Å². The van der Waals surface area contributed by atoms with Crippen molar-refractivity contribution in [3.63, 3.8) is 0 Å². The Morgan fingerprint density at radius 3 is 2.47 bits per heavy atom. The molecule has 1 saturated carbocycles. The highest BCUT2D eigenvalue weighted by Gasteiger charge is 2.36. The number of benzene rings is 1. The van der Waals surface area contributed by atoms with Gasteiger partial charge in [-0.2, -0.15) is 0 Å². The van der Waals surface area contributed by atoms with Crippen LogP contribution in [0, 0.1) is 5.92 Å². The molecule has 1 aromatic rings. The molecule has 19 heavy (non-hydrogen) atoms. The maximum absolute atomic E-state index is 12.0. The third kappa shape index (κ3) is 3.78. The second kappa shape index (κ2) is 6.03. The van der Waals surface area contributed by atoms with Gasteiger partial charge in [0.2, 0.25) is 10.0 Å². The van der Waals surface area contributed by atoms with Crippen molar-refractivity contribution in [1.82, 2.24) is 4.72 Å². The predicted octanol–water partition coefficient (Wildman–Crippen LogP) is 1.83. The first kappa shape index (κ1) is 14.5. The van der Waals surface area contributed by atoms with Gasteiger partial charge in [-0.15, -0.1) is 0 Å². The van der Waals surface area contributed by atoms with Crippen LogP contribution in [0.15, 0.2) is 30.3 Å². The first-order chi connectivity index (χ1) is 9.02. The molecule has 1 fully saturated rings. The standard InChI is InChI=1S/C14H21NO3S/c1-2-8-19(17,18)15-14(12-9-13(16)10-12)11-6-4-3-5-7-11/h3-7,12-16H,2,8-10H2,1H3/t12?,13?,14-/m0/s1. The fourth-order valence-corrected chi connectivity index (χ4v) is 3.89. The number of sulfonamides is 1. The summed E-state index contributed by atoms with van der Waals surface area (Å²) < 4.78 is 26.7. The monoisotopic (exact) mass is 283 g/mol. The van der Waals surface area contributed by atoms with Crippen molar-refractivity contribution < 1.29 is 13.5 Å². The van der Waals surface area contributed by atoms with Gasteiger partial charge in [-0.25, -0.2) is 13.1 Å². The highest BCUT2D eigenvalue weighted by Crippen LogP contribution is 2.38. The zero-order chi connectivity index (χ0) is 13.9. The Bertz CT molecular complexity index is 495. The van der Waals surface area contributed by atoms with Crippen LogP contribution in [0.2, 0.25) is 0 Å². The molecule has 0 aromatic heterocycles. The summed E-state index contributed by atoms with van der Waals surface area (Å²) in [6.07, 6.45) is 1.64. The number of hydrogen-bond acceptors (Lipinski definition) is 3. The van der Waals surface area contributed by atoms with Gasteiger partial charge in [0.25, 0.3) is 0 Å². The lowest BCUT2D eigenvalue weighted by molar-refractivity contribution is 0.0280. The Kier molecular flexibility index (Phi) is 4.60. The molecule has 0 bridgehead atoms. The summed E-state index contributed by atoms with van der Waals surface area (Å²) in [7, 11) is -3.25. The van der Waals surface area contributed by atoms with Crippen LogP contribution < -0.4 is 4.72 Å². The van der Waals surface area contributed by atoms with Crippen LogP contribution in [0.25, 0.3) is 0 Å². The van der Waals surface area contributed by atoms with Gasteiger partial charge < -0.3 is 5.11 Å². The molecule has 0 spiro atoms. The lowest BCUT2D eigenvalue weighted by Gasteiger charge is -2.38. The summed E-state index contributed by atoms with van der Waals surface area (Å²) in [5.41, 5.74) is 0.971. The summed E-state index contributed by atoms with van der Waals surface area (Å²) in [5.74, 6) is 0.329. The molecule has 0 radical (unpaired) electrons. The predicted molar refractivity (Wildman–Crippen MR) is 75.1 cm³/mol. The SMILES string of the molecule is CCCS(=O)(=O)N[C@@H](c1ccccc1)C1CC(O)C1. The first-order valence-corrected chi connectivity index (χ1v) is 8.40. The van der Waals surface area contributed by atoms with E-state index < -0.39 is 10.0 Å². The molecule has 0 heterocycles. The molecule has 1 aromatic carbocycles. The average molecular weight is 283 g/mol. The van der Waals surface area contributed by atoms with Gasteiger partial charge in [0.15, 0.2) is 0 Å². The minimum atomic E-state index is -3.25. The lowest BCUT2D eigenvalue weighted by Crippen LogP contribution is -2.42. The number of aliphatic hydroxyl groups is 1. The van der Waals surface area contributed by atoms with Crippen LogP contribution in [-0.2, 0) is 10.0 Å². The van der Waals surface area contributed by atoms with Crippen molar-refractivity contribution in [2.24, 2.45) is 5.92 Å². The van der Waals surface area contributed by atoms with Crippen LogP contribution in [-0.4, -0.2) is 25.4 Å². The fourth-order valence-electron chi connectivity index (χ4n) is 2.52. The molecular formula is C14H21NO3S. The van der Waals surface area contributed by atoms with Crippen molar-refractivity contribution in [1.29, 1.82) is 0 Å². The molecule has 2 rings (SSSR count). The van der Waals surface area contributed by atoms with Crippen molar-refractivity contribution in [3.05, 3.63) is 35.9 Å². The van der Waals surface area contributed by atoms with Crippen molar-refractivity contribution >= 4 is 10.0 Å². The second-order valence-corrected chi connectivity index (χ2v) is 7.08. The largest absolute Gasteiger partial charge is 0.393 e. The highest BCUT2D eigenvalue weighted by molar-refractivity contribution is 7.89. The van der Waals surface area contributed by atoms with E-state index in [2.05, 4.69) is 4.72 Å². The summed E-state index contributed by atoms with van der Waals surface area (Å²) in [6, 6.07) is 9.38. The molecule has 5 heteroatoms. The van der Waals surface area contributed by atoms with Crippen molar-refractivity contribution in [3.8, 4) is 0 Å². The lowest BCUT2D eigenvalue weighted by atomic mass is 9.75. The second-order valence-electron chi connectivity index (χ2n) is 5.21. The molecule has 1 aliphatic rings. The number of nitrogens with one attached hydrogen (secondary N) is 1. The smallest absolute Gasteiger partial charge is 0.212 e. The van der Waals surface area contributed by atoms with Gasteiger partial charge in [-0.1, -0.05) is 37.3 Å². The third-order valence-electron chi connectivity index (χ3n) is 3.56. The summed E-state index contributed by atoms with van der Waals surface area (Å²) in [5, 5.41) is 9.44. The van der Waals surface area contributed by atoms with Gasteiger partial charge in [-0.3, -0.25) is 0 Å². The topological polar surface area (TPSA) is 66.4 Å². The van der Waals surface area contributed by atoms with E-state index >= 15 is 0 Å². The summed E-state index contributed by atoms with van der Waals surface area (Å²) in [6.45, 7) is 1.85. The molecule has 1 aliphatic carbocycles. The summed E-state index contributed by atoms with van der Waals surface area (Å²) in [4.78, 5) is 0. The number of hydrogen-bond donors (Lipinski definition) is 2. The average Bonchev–Trinajstić information content (AvgIpc) is 2.33. The van der Waals surface area contributed by atoms with E-state index in [0.717, 1.165) is 5.56 Å². The molecule has 106 valence electrons. The Hall–Kier alpha value is -0.910. The minimum Gasteiger partial charge on any atom is -0.393 e. The van der Waals surface area contributed by atoms with E-state index in [1.807, 2.05) is 37.3 Å². The Balaban J connectivity index is 2.16. The van der Waals surface area contributed by atoms with E-state index in [1.165, 1.54) is 0 Å². The van der Waals surface area contributed by atoms with E-state index in [0.29, 0.717) is 19.3 Å². The normalized spacial score (nSPS) is 24.7. The molecule has 0 aliphatic heterocycles. The zero-order valence-electron chi connectivity index (χ0n) is 11.1. The van der Waals surface area contributed by atoms with Crippen LogP contribution in [0.4, 0.5) is 0 Å². The van der Waals surface area contributed by atoms with E-state index in [-0.39, 0.29) is 23.8 Å². The number of aliphatic hydroxyl groups excluding tert-OH is 1. The summed E-state index contributed by atoms with van der Waals surface area (Å²) >= 11 is 0. The van der Waals surface area contributed by atoms with Crippen LogP contribution in [0.1, 0.15) is 37.8 Å². The van der Waals surface area contributed by atoms with Gasteiger partial charge in [0.1, 0.15) is 0 Å². The zero-order valence-corrected chi connectivity index (χ0v) is 11.9. The van der Waals surface area contributed by atoms with Crippen LogP contribution >= 0.6 is 0 Å².